The quantitative estimate of drug-likeness (QED) is 0.524. The summed E-state index contributed by atoms with van der Waals surface area (Å²) in [5.74, 6) is 0.476. The first-order valence-electron chi connectivity index (χ1n) is 8.13. The Bertz CT molecular complexity index is 914. The zero-order chi connectivity index (χ0) is 19.6. The SMILES string of the molecule is CCOc1ccc(Br)cc1C1OC(c2ccc([N+](=O)[O-])cc2)=NN1C(C)=O. The molecule has 2 aromatic rings. The molecule has 1 aliphatic rings. The van der Waals surface area contributed by atoms with E-state index in [4.69, 9.17) is 9.47 Å². The Kier molecular flexibility index (Phi) is 5.41. The van der Waals surface area contributed by atoms with Crippen molar-refractivity contribution < 1.29 is 19.2 Å². The second-order valence-electron chi connectivity index (χ2n) is 5.66. The van der Waals surface area contributed by atoms with E-state index in [0.29, 0.717) is 23.5 Å². The van der Waals surface area contributed by atoms with Gasteiger partial charge >= 0.3 is 0 Å². The highest BCUT2D eigenvalue weighted by Gasteiger charge is 2.35. The average Bonchev–Trinajstić information content (AvgIpc) is 3.09. The van der Waals surface area contributed by atoms with Crippen LogP contribution in [0.1, 0.15) is 31.2 Å². The molecular weight excluding hydrogens is 418 g/mol. The van der Waals surface area contributed by atoms with Crippen LogP contribution in [-0.4, -0.2) is 28.3 Å². The summed E-state index contributed by atoms with van der Waals surface area (Å²) in [5.41, 5.74) is 1.13. The highest BCUT2D eigenvalue weighted by atomic mass is 79.9. The van der Waals surface area contributed by atoms with Gasteiger partial charge in [0.05, 0.1) is 17.1 Å². The monoisotopic (exact) mass is 433 g/mol. The molecule has 9 heteroatoms. The minimum atomic E-state index is -0.799. The number of halogens is 1. The van der Waals surface area contributed by atoms with Crippen LogP contribution in [0, 0.1) is 10.1 Å². The number of ether oxygens (including phenoxy) is 2. The Labute approximate surface area is 163 Å². The number of hydrogen-bond acceptors (Lipinski definition) is 6. The van der Waals surface area contributed by atoms with Gasteiger partial charge in [-0.15, -0.1) is 5.10 Å². The van der Waals surface area contributed by atoms with Crippen molar-refractivity contribution in [3.8, 4) is 5.75 Å². The molecule has 0 saturated carbocycles. The van der Waals surface area contributed by atoms with E-state index in [-0.39, 0.29) is 17.5 Å². The number of amides is 1. The van der Waals surface area contributed by atoms with Gasteiger partial charge < -0.3 is 9.47 Å². The lowest BCUT2D eigenvalue weighted by Gasteiger charge is -2.22. The highest BCUT2D eigenvalue weighted by Crippen LogP contribution is 2.37. The first kappa shape index (κ1) is 18.8. The molecule has 0 radical (unpaired) electrons. The number of hydrazone groups is 1. The number of benzene rings is 2. The zero-order valence-corrected chi connectivity index (χ0v) is 16.2. The molecule has 0 spiro atoms. The molecule has 0 bridgehead atoms. The lowest BCUT2D eigenvalue weighted by Crippen LogP contribution is -2.25. The summed E-state index contributed by atoms with van der Waals surface area (Å²) in [4.78, 5) is 22.4. The van der Waals surface area contributed by atoms with E-state index in [1.54, 1.807) is 12.1 Å². The molecular formula is C18H16BrN3O5. The second kappa shape index (κ2) is 7.75. The van der Waals surface area contributed by atoms with Crippen molar-refractivity contribution in [1.82, 2.24) is 5.01 Å². The summed E-state index contributed by atoms with van der Waals surface area (Å²) in [6.07, 6.45) is -0.799. The van der Waals surface area contributed by atoms with Crippen molar-refractivity contribution in [2.45, 2.75) is 20.1 Å². The maximum absolute atomic E-state index is 12.1. The van der Waals surface area contributed by atoms with E-state index >= 15 is 0 Å². The van der Waals surface area contributed by atoms with Gasteiger partial charge in [0.1, 0.15) is 5.75 Å². The Hall–Kier alpha value is -2.94. The highest BCUT2D eigenvalue weighted by molar-refractivity contribution is 9.10. The van der Waals surface area contributed by atoms with Crippen molar-refractivity contribution in [3.63, 3.8) is 0 Å². The number of hydrogen-bond donors (Lipinski definition) is 0. The molecule has 1 unspecified atom stereocenters. The van der Waals surface area contributed by atoms with E-state index in [1.807, 2.05) is 13.0 Å². The first-order chi connectivity index (χ1) is 12.9. The summed E-state index contributed by atoms with van der Waals surface area (Å²) in [7, 11) is 0. The van der Waals surface area contributed by atoms with E-state index in [9.17, 15) is 14.9 Å². The molecule has 0 fully saturated rings. The third-order valence-corrected chi connectivity index (χ3v) is 4.32. The molecule has 8 nitrogen and oxygen atoms in total. The van der Waals surface area contributed by atoms with Crippen molar-refractivity contribution in [2.24, 2.45) is 5.10 Å². The van der Waals surface area contributed by atoms with Gasteiger partial charge in [0, 0.05) is 29.1 Å². The van der Waals surface area contributed by atoms with Gasteiger partial charge in [-0.2, -0.15) is 5.01 Å². The maximum atomic E-state index is 12.1. The van der Waals surface area contributed by atoms with Crippen LogP contribution in [0.4, 0.5) is 5.69 Å². The van der Waals surface area contributed by atoms with Crippen molar-refractivity contribution in [3.05, 3.63) is 68.2 Å². The smallest absolute Gasteiger partial charge is 0.269 e. The molecule has 0 aromatic heterocycles. The van der Waals surface area contributed by atoms with Crippen LogP contribution in [0.15, 0.2) is 52.0 Å². The molecule has 3 rings (SSSR count). The summed E-state index contributed by atoms with van der Waals surface area (Å²) in [5, 5.41) is 16.3. The number of nitrogens with zero attached hydrogens (tertiary/aromatic N) is 3. The molecule has 0 N–H and O–H groups in total. The van der Waals surface area contributed by atoms with Gasteiger partial charge in [0.15, 0.2) is 0 Å². The minimum Gasteiger partial charge on any atom is -0.493 e. The molecule has 2 aromatic carbocycles. The number of nitro benzene ring substituents is 1. The normalized spacial score (nSPS) is 15.9. The third kappa shape index (κ3) is 3.92. The predicted octanol–water partition coefficient (Wildman–Crippen LogP) is 4.00. The van der Waals surface area contributed by atoms with Crippen molar-refractivity contribution in [2.75, 3.05) is 6.61 Å². The Morgan fingerprint density at radius 2 is 2.04 bits per heavy atom. The summed E-state index contributed by atoms with van der Waals surface area (Å²) >= 11 is 3.42. The van der Waals surface area contributed by atoms with Gasteiger partial charge in [-0.25, -0.2) is 0 Å². The average molecular weight is 434 g/mol. The molecule has 0 saturated heterocycles. The van der Waals surface area contributed by atoms with Crippen LogP contribution in [0.25, 0.3) is 0 Å². The van der Waals surface area contributed by atoms with Gasteiger partial charge in [0.2, 0.25) is 18.0 Å². The van der Waals surface area contributed by atoms with Crippen LogP contribution in [0.5, 0.6) is 5.75 Å². The Morgan fingerprint density at radius 3 is 2.63 bits per heavy atom. The number of carbonyl (C=O) groups is 1. The van der Waals surface area contributed by atoms with Gasteiger partial charge in [-0.05, 0) is 37.3 Å². The van der Waals surface area contributed by atoms with E-state index < -0.39 is 11.2 Å². The standard InChI is InChI=1S/C18H16BrN3O5/c1-3-26-16-9-6-13(19)10-15(16)18-21(11(2)23)20-17(27-18)12-4-7-14(8-5-12)22(24)25/h4-10,18H,3H2,1-2H3. The van der Waals surface area contributed by atoms with Crippen molar-refractivity contribution in [1.29, 1.82) is 0 Å². The summed E-state index contributed by atoms with van der Waals surface area (Å²) < 4.78 is 12.4. The summed E-state index contributed by atoms with van der Waals surface area (Å²) in [6, 6.07) is 11.2. The van der Waals surface area contributed by atoms with Gasteiger partial charge in [-0.3, -0.25) is 14.9 Å². The predicted molar refractivity (Wildman–Crippen MR) is 101 cm³/mol. The molecule has 1 amide bonds. The zero-order valence-electron chi connectivity index (χ0n) is 14.6. The third-order valence-electron chi connectivity index (χ3n) is 3.83. The lowest BCUT2D eigenvalue weighted by atomic mass is 10.1. The molecule has 27 heavy (non-hydrogen) atoms. The van der Waals surface area contributed by atoms with Crippen LogP contribution >= 0.6 is 15.9 Å². The second-order valence-corrected chi connectivity index (χ2v) is 6.57. The largest absolute Gasteiger partial charge is 0.493 e. The van der Waals surface area contributed by atoms with Crippen LogP contribution in [-0.2, 0) is 9.53 Å². The van der Waals surface area contributed by atoms with Gasteiger partial charge in [-0.1, -0.05) is 15.9 Å². The van der Waals surface area contributed by atoms with E-state index in [1.165, 1.54) is 36.2 Å². The fourth-order valence-electron chi connectivity index (χ4n) is 2.61. The fourth-order valence-corrected chi connectivity index (χ4v) is 2.99. The first-order valence-corrected chi connectivity index (χ1v) is 8.92. The molecule has 1 atom stereocenters. The Balaban J connectivity index is 1.96. The Morgan fingerprint density at radius 1 is 1.33 bits per heavy atom. The van der Waals surface area contributed by atoms with Gasteiger partial charge in [0.25, 0.3) is 5.69 Å². The molecule has 0 aliphatic carbocycles. The van der Waals surface area contributed by atoms with Crippen LogP contribution in [0.2, 0.25) is 0 Å². The summed E-state index contributed by atoms with van der Waals surface area (Å²) in [6.45, 7) is 3.71. The topological polar surface area (TPSA) is 94.3 Å². The maximum Gasteiger partial charge on any atom is 0.269 e. The number of nitro groups is 1. The number of non-ortho nitro benzene ring substituents is 1. The van der Waals surface area contributed by atoms with E-state index in [2.05, 4.69) is 21.0 Å². The number of rotatable bonds is 5. The van der Waals surface area contributed by atoms with E-state index in [0.717, 1.165) is 4.47 Å². The molecule has 140 valence electrons. The van der Waals surface area contributed by atoms with Crippen LogP contribution in [0.3, 0.4) is 0 Å². The minimum absolute atomic E-state index is 0.0389. The number of carbonyl (C=O) groups excluding carboxylic acids is 1. The fraction of sp³-hybridized carbons (Fsp3) is 0.222. The lowest BCUT2D eigenvalue weighted by molar-refractivity contribution is -0.384. The van der Waals surface area contributed by atoms with Crippen LogP contribution < -0.4 is 4.74 Å². The molecule has 1 aliphatic heterocycles. The molecule has 1 heterocycles. The van der Waals surface area contributed by atoms with Crippen molar-refractivity contribution >= 4 is 33.4 Å².